The van der Waals surface area contributed by atoms with Gasteiger partial charge in [-0.15, -0.1) is 0 Å². The molecule has 0 atom stereocenters. The SMILES string of the molecule is Clc1ccc2c(NCC[NH+]3CCOCC3)nc(Cc3ccccc3)nc2c1. The minimum atomic E-state index is 0.690. The molecule has 1 saturated heterocycles. The third-order valence-corrected chi connectivity index (χ3v) is 5.12. The van der Waals surface area contributed by atoms with Gasteiger partial charge in [0, 0.05) is 16.8 Å². The number of anilines is 1. The van der Waals surface area contributed by atoms with Gasteiger partial charge in [0.25, 0.3) is 0 Å². The normalized spacial score (nSPS) is 15.1. The van der Waals surface area contributed by atoms with E-state index in [0.717, 1.165) is 61.9 Å². The molecule has 0 radical (unpaired) electrons. The summed E-state index contributed by atoms with van der Waals surface area (Å²) < 4.78 is 5.43. The van der Waals surface area contributed by atoms with E-state index in [1.54, 1.807) is 4.90 Å². The Labute approximate surface area is 164 Å². The van der Waals surface area contributed by atoms with Crippen LogP contribution in [0, 0.1) is 0 Å². The van der Waals surface area contributed by atoms with Gasteiger partial charge in [-0.25, -0.2) is 9.97 Å². The van der Waals surface area contributed by atoms with Gasteiger partial charge in [-0.05, 0) is 23.8 Å². The van der Waals surface area contributed by atoms with Gasteiger partial charge >= 0.3 is 0 Å². The van der Waals surface area contributed by atoms with Gasteiger partial charge in [0.05, 0.1) is 31.8 Å². The van der Waals surface area contributed by atoms with E-state index in [0.29, 0.717) is 11.4 Å². The number of nitrogens with zero attached hydrogens (tertiary/aromatic N) is 2. The summed E-state index contributed by atoms with van der Waals surface area (Å²) in [7, 11) is 0. The molecule has 140 valence electrons. The van der Waals surface area contributed by atoms with Gasteiger partial charge in [0.15, 0.2) is 0 Å². The van der Waals surface area contributed by atoms with E-state index < -0.39 is 0 Å². The zero-order valence-corrected chi connectivity index (χ0v) is 16.0. The van der Waals surface area contributed by atoms with Crippen LogP contribution in [0.2, 0.25) is 5.02 Å². The lowest BCUT2D eigenvalue weighted by molar-refractivity contribution is -0.906. The van der Waals surface area contributed by atoms with Crippen LogP contribution in [0.3, 0.4) is 0 Å². The Kier molecular flexibility index (Phi) is 5.82. The van der Waals surface area contributed by atoms with Crippen LogP contribution in [-0.4, -0.2) is 49.4 Å². The summed E-state index contributed by atoms with van der Waals surface area (Å²) >= 11 is 6.19. The fourth-order valence-electron chi connectivity index (χ4n) is 3.41. The van der Waals surface area contributed by atoms with Gasteiger partial charge in [-0.1, -0.05) is 41.9 Å². The van der Waals surface area contributed by atoms with Crippen molar-refractivity contribution in [3.05, 3.63) is 64.9 Å². The second-order valence-corrected chi connectivity index (χ2v) is 7.29. The number of hydrogen-bond donors (Lipinski definition) is 2. The van der Waals surface area contributed by atoms with E-state index >= 15 is 0 Å². The molecule has 1 fully saturated rings. The zero-order chi connectivity index (χ0) is 18.5. The number of hydrogen-bond acceptors (Lipinski definition) is 4. The quantitative estimate of drug-likeness (QED) is 0.685. The van der Waals surface area contributed by atoms with E-state index in [1.807, 2.05) is 36.4 Å². The Balaban J connectivity index is 1.55. The Morgan fingerprint density at radius 1 is 1.04 bits per heavy atom. The lowest BCUT2D eigenvalue weighted by Gasteiger charge is -2.24. The average Bonchev–Trinajstić information content (AvgIpc) is 2.69. The van der Waals surface area contributed by atoms with Crippen molar-refractivity contribution in [2.75, 3.05) is 44.7 Å². The van der Waals surface area contributed by atoms with Gasteiger partial charge in [-0.2, -0.15) is 0 Å². The first-order valence-electron chi connectivity index (χ1n) is 9.43. The minimum Gasteiger partial charge on any atom is -0.370 e. The molecule has 2 N–H and O–H groups in total. The summed E-state index contributed by atoms with van der Waals surface area (Å²) in [5.74, 6) is 1.69. The fourth-order valence-corrected chi connectivity index (χ4v) is 3.58. The molecule has 27 heavy (non-hydrogen) atoms. The molecule has 0 spiro atoms. The van der Waals surface area contributed by atoms with Crippen LogP contribution in [-0.2, 0) is 11.2 Å². The van der Waals surface area contributed by atoms with E-state index in [-0.39, 0.29) is 0 Å². The standard InChI is InChI=1S/C21H23ClN4O/c22-17-6-7-18-19(15-17)24-20(14-16-4-2-1-3-5-16)25-21(18)23-8-9-26-10-12-27-13-11-26/h1-7,15H,8-14H2,(H,23,24,25)/p+1. The highest BCUT2D eigenvalue weighted by Gasteiger charge is 2.14. The highest BCUT2D eigenvalue weighted by atomic mass is 35.5. The predicted molar refractivity (Wildman–Crippen MR) is 109 cm³/mol. The van der Waals surface area contributed by atoms with E-state index in [9.17, 15) is 0 Å². The van der Waals surface area contributed by atoms with Crippen molar-refractivity contribution < 1.29 is 9.64 Å². The Morgan fingerprint density at radius 3 is 2.67 bits per heavy atom. The van der Waals surface area contributed by atoms with Crippen molar-refractivity contribution in [2.24, 2.45) is 0 Å². The molecular formula is C21H24ClN4O+. The molecule has 2 heterocycles. The number of morpholine rings is 1. The summed E-state index contributed by atoms with van der Waals surface area (Å²) in [5, 5.41) is 5.22. The number of rotatable bonds is 6. The molecule has 0 bridgehead atoms. The van der Waals surface area contributed by atoms with Crippen molar-refractivity contribution in [1.29, 1.82) is 0 Å². The van der Waals surface area contributed by atoms with Crippen LogP contribution in [0.4, 0.5) is 5.82 Å². The molecule has 4 rings (SSSR count). The van der Waals surface area contributed by atoms with Crippen LogP contribution in [0.5, 0.6) is 0 Å². The first kappa shape index (κ1) is 18.2. The molecule has 2 aromatic carbocycles. The highest BCUT2D eigenvalue weighted by Crippen LogP contribution is 2.24. The van der Waals surface area contributed by atoms with Crippen molar-refractivity contribution >= 4 is 28.3 Å². The van der Waals surface area contributed by atoms with Crippen LogP contribution >= 0.6 is 11.6 Å². The van der Waals surface area contributed by atoms with Crippen molar-refractivity contribution in [3.63, 3.8) is 0 Å². The van der Waals surface area contributed by atoms with Crippen LogP contribution in [0.1, 0.15) is 11.4 Å². The molecule has 3 aromatic rings. The van der Waals surface area contributed by atoms with E-state index in [2.05, 4.69) is 17.4 Å². The van der Waals surface area contributed by atoms with Crippen molar-refractivity contribution in [1.82, 2.24) is 9.97 Å². The molecule has 6 heteroatoms. The molecule has 1 aromatic heterocycles. The van der Waals surface area contributed by atoms with Crippen LogP contribution < -0.4 is 10.2 Å². The summed E-state index contributed by atoms with van der Waals surface area (Å²) in [4.78, 5) is 11.1. The fraction of sp³-hybridized carbons (Fsp3) is 0.333. The first-order valence-corrected chi connectivity index (χ1v) is 9.81. The molecule has 0 amide bonds. The number of quaternary nitrogens is 1. The number of aromatic nitrogens is 2. The van der Waals surface area contributed by atoms with Crippen molar-refractivity contribution in [3.8, 4) is 0 Å². The molecule has 0 saturated carbocycles. The summed E-state index contributed by atoms with van der Waals surface area (Å²) in [6, 6.07) is 16.1. The first-order chi connectivity index (χ1) is 13.3. The maximum atomic E-state index is 6.19. The smallest absolute Gasteiger partial charge is 0.137 e. The van der Waals surface area contributed by atoms with Crippen LogP contribution in [0.25, 0.3) is 10.9 Å². The summed E-state index contributed by atoms with van der Waals surface area (Å²) in [5.41, 5.74) is 2.08. The number of halogens is 1. The second kappa shape index (κ2) is 8.65. The molecule has 0 aliphatic carbocycles. The Morgan fingerprint density at radius 2 is 1.85 bits per heavy atom. The second-order valence-electron chi connectivity index (χ2n) is 6.85. The lowest BCUT2D eigenvalue weighted by Crippen LogP contribution is -3.14. The van der Waals surface area contributed by atoms with Gasteiger partial charge in [0.1, 0.15) is 24.7 Å². The largest absolute Gasteiger partial charge is 0.370 e. The number of fused-ring (bicyclic) bond motifs is 1. The molecular weight excluding hydrogens is 360 g/mol. The van der Waals surface area contributed by atoms with Gasteiger partial charge in [0.2, 0.25) is 0 Å². The number of benzene rings is 2. The Bertz CT molecular complexity index is 897. The van der Waals surface area contributed by atoms with E-state index in [1.165, 1.54) is 5.56 Å². The maximum absolute atomic E-state index is 6.19. The molecule has 1 aliphatic heterocycles. The molecule has 1 aliphatic rings. The van der Waals surface area contributed by atoms with Gasteiger partial charge < -0.3 is 15.0 Å². The summed E-state index contributed by atoms with van der Waals surface area (Å²) in [6.07, 6.45) is 0.701. The Hall–Kier alpha value is -2.21. The zero-order valence-electron chi connectivity index (χ0n) is 15.2. The number of ether oxygens (including phenoxy) is 1. The third-order valence-electron chi connectivity index (χ3n) is 4.88. The third kappa shape index (κ3) is 4.75. The van der Waals surface area contributed by atoms with Gasteiger partial charge in [-0.3, -0.25) is 0 Å². The molecule has 0 unspecified atom stereocenters. The van der Waals surface area contributed by atoms with E-state index in [4.69, 9.17) is 26.3 Å². The topological polar surface area (TPSA) is 51.5 Å². The monoisotopic (exact) mass is 383 g/mol. The lowest BCUT2D eigenvalue weighted by atomic mass is 10.1. The number of nitrogens with one attached hydrogen (secondary N) is 2. The minimum absolute atomic E-state index is 0.690. The van der Waals surface area contributed by atoms with Crippen molar-refractivity contribution in [2.45, 2.75) is 6.42 Å². The maximum Gasteiger partial charge on any atom is 0.137 e. The average molecular weight is 384 g/mol. The highest BCUT2D eigenvalue weighted by molar-refractivity contribution is 6.31. The predicted octanol–water partition coefficient (Wildman–Crippen LogP) is 2.20. The molecule has 5 nitrogen and oxygen atoms in total. The summed E-state index contributed by atoms with van der Waals surface area (Å²) in [6.45, 7) is 5.77. The van der Waals surface area contributed by atoms with Crippen LogP contribution in [0.15, 0.2) is 48.5 Å².